The Morgan fingerprint density at radius 1 is 1.22 bits per heavy atom. The Balaban J connectivity index is 2.54. The number of ether oxygens (including phenoxy) is 2. The van der Waals surface area contributed by atoms with Gasteiger partial charge >= 0.3 is 0 Å². The predicted octanol–water partition coefficient (Wildman–Crippen LogP) is 2.26. The van der Waals surface area contributed by atoms with Crippen LogP contribution in [0.25, 0.3) is 0 Å². The van der Waals surface area contributed by atoms with E-state index in [1.165, 1.54) is 0 Å². The van der Waals surface area contributed by atoms with Crippen LogP contribution in [0.1, 0.15) is 37.8 Å². The van der Waals surface area contributed by atoms with Crippen LogP contribution in [0, 0.1) is 0 Å². The van der Waals surface area contributed by atoms with Crippen molar-refractivity contribution in [3.05, 3.63) is 23.8 Å². The molecule has 0 spiro atoms. The van der Waals surface area contributed by atoms with Gasteiger partial charge in [-0.3, -0.25) is 0 Å². The lowest BCUT2D eigenvalue weighted by Gasteiger charge is -2.13. The van der Waals surface area contributed by atoms with Crippen LogP contribution in [0.4, 0.5) is 0 Å². The Labute approximate surface area is 109 Å². The fourth-order valence-corrected chi connectivity index (χ4v) is 1.66. The van der Waals surface area contributed by atoms with E-state index in [0.717, 1.165) is 30.6 Å². The van der Waals surface area contributed by atoms with Crippen molar-refractivity contribution >= 4 is 0 Å². The standard InChI is InChI=1S/C14H23NO3/c1-11(15)12-6-7-13(14(10-12)17-2)18-9-5-3-4-8-16/h6-7,10-11,16H,3-5,8-9,15H2,1-2H3. The summed E-state index contributed by atoms with van der Waals surface area (Å²) in [6, 6.07) is 5.74. The molecule has 0 aromatic heterocycles. The molecule has 18 heavy (non-hydrogen) atoms. The zero-order chi connectivity index (χ0) is 13.4. The summed E-state index contributed by atoms with van der Waals surface area (Å²) in [5.74, 6) is 1.46. The van der Waals surface area contributed by atoms with E-state index in [0.29, 0.717) is 12.4 Å². The second-order valence-electron chi connectivity index (χ2n) is 4.33. The van der Waals surface area contributed by atoms with Crippen LogP contribution < -0.4 is 15.2 Å². The number of aliphatic hydroxyl groups excluding tert-OH is 1. The zero-order valence-corrected chi connectivity index (χ0v) is 11.2. The molecule has 0 radical (unpaired) electrons. The summed E-state index contributed by atoms with van der Waals surface area (Å²) in [7, 11) is 1.62. The van der Waals surface area contributed by atoms with Crippen LogP contribution in [0.15, 0.2) is 18.2 Å². The topological polar surface area (TPSA) is 64.7 Å². The monoisotopic (exact) mass is 253 g/mol. The lowest BCUT2D eigenvalue weighted by molar-refractivity contribution is 0.260. The summed E-state index contributed by atoms with van der Waals surface area (Å²) in [4.78, 5) is 0. The maximum Gasteiger partial charge on any atom is 0.161 e. The van der Waals surface area contributed by atoms with Crippen LogP contribution in [0.3, 0.4) is 0 Å². The highest BCUT2D eigenvalue weighted by Crippen LogP contribution is 2.29. The first kappa shape index (κ1) is 14.8. The Morgan fingerprint density at radius 2 is 2.00 bits per heavy atom. The quantitative estimate of drug-likeness (QED) is 0.697. The molecule has 0 aliphatic carbocycles. The number of benzene rings is 1. The van der Waals surface area contributed by atoms with Gasteiger partial charge in [-0.05, 0) is 43.9 Å². The zero-order valence-electron chi connectivity index (χ0n) is 11.2. The maximum absolute atomic E-state index is 8.67. The maximum atomic E-state index is 8.67. The molecule has 1 unspecified atom stereocenters. The van der Waals surface area contributed by atoms with Gasteiger partial charge in [0.05, 0.1) is 13.7 Å². The molecule has 4 heteroatoms. The first-order valence-electron chi connectivity index (χ1n) is 6.36. The minimum Gasteiger partial charge on any atom is -0.493 e. The van der Waals surface area contributed by atoms with Gasteiger partial charge in [0.1, 0.15) is 0 Å². The van der Waals surface area contributed by atoms with Crippen LogP contribution in [0.5, 0.6) is 11.5 Å². The molecule has 3 N–H and O–H groups in total. The highest BCUT2D eigenvalue weighted by molar-refractivity contribution is 5.43. The van der Waals surface area contributed by atoms with Gasteiger partial charge in [0.2, 0.25) is 0 Å². The summed E-state index contributed by atoms with van der Waals surface area (Å²) in [6.45, 7) is 2.81. The van der Waals surface area contributed by atoms with Gasteiger partial charge in [-0.1, -0.05) is 6.07 Å². The Morgan fingerprint density at radius 3 is 2.61 bits per heavy atom. The van der Waals surface area contributed by atoms with Crippen molar-refractivity contribution in [1.29, 1.82) is 0 Å². The Kier molecular flexibility index (Phi) is 6.54. The third-order valence-electron chi connectivity index (χ3n) is 2.77. The van der Waals surface area contributed by atoms with E-state index in [1.54, 1.807) is 7.11 Å². The third kappa shape index (κ3) is 4.55. The second-order valence-corrected chi connectivity index (χ2v) is 4.33. The molecule has 4 nitrogen and oxygen atoms in total. The Hall–Kier alpha value is -1.26. The van der Waals surface area contributed by atoms with Crippen LogP contribution in [-0.2, 0) is 0 Å². The normalized spacial score (nSPS) is 12.2. The summed E-state index contributed by atoms with van der Waals surface area (Å²) >= 11 is 0. The Bertz CT molecular complexity index is 353. The smallest absolute Gasteiger partial charge is 0.161 e. The van der Waals surface area contributed by atoms with Crippen molar-refractivity contribution in [1.82, 2.24) is 0 Å². The largest absolute Gasteiger partial charge is 0.493 e. The van der Waals surface area contributed by atoms with Gasteiger partial charge in [-0.25, -0.2) is 0 Å². The molecule has 0 aliphatic rings. The van der Waals surface area contributed by atoms with Gasteiger partial charge in [0, 0.05) is 12.6 Å². The van der Waals surface area contributed by atoms with E-state index in [1.807, 2.05) is 25.1 Å². The van der Waals surface area contributed by atoms with E-state index in [4.69, 9.17) is 20.3 Å². The van der Waals surface area contributed by atoms with Crippen LogP contribution in [0.2, 0.25) is 0 Å². The number of hydrogen-bond acceptors (Lipinski definition) is 4. The number of nitrogens with two attached hydrogens (primary N) is 1. The average molecular weight is 253 g/mol. The van der Waals surface area contributed by atoms with Gasteiger partial charge < -0.3 is 20.3 Å². The summed E-state index contributed by atoms with van der Waals surface area (Å²) in [5, 5.41) is 8.67. The molecular formula is C14H23NO3. The summed E-state index contributed by atoms with van der Waals surface area (Å²) < 4.78 is 11.0. The minimum atomic E-state index is -0.0162. The fraction of sp³-hybridized carbons (Fsp3) is 0.571. The second kappa shape index (κ2) is 7.95. The first-order valence-corrected chi connectivity index (χ1v) is 6.36. The summed E-state index contributed by atoms with van der Waals surface area (Å²) in [6.07, 6.45) is 2.72. The lowest BCUT2D eigenvalue weighted by atomic mass is 10.1. The number of unbranched alkanes of at least 4 members (excludes halogenated alkanes) is 2. The molecule has 0 fully saturated rings. The molecule has 0 amide bonds. The molecule has 0 bridgehead atoms. The average Bonchev–Trinajstić information content (AvgIpc) is 2.38. The van der Waals surface area contributed by atoms with Crippen LogP contribution in [-0.4, -0.2) is 25.4 Å². The molecule has 0 saturated carbocycles. The van der Waals surface area contributed by atoms with Gasteiger partial charge in [0.25, 0.3) is 0 Å². The number of aliphatic hydroxyl groups is 1. The molecule has 102 valence electrons. The molecule has 0 aliphatic heterocycles. The number of methoxy groups -OCH3 is 1. The first-order chi connectivity index (χ1) is 8.69. The van der Waals surface area contributed by atoms with E-state index >= 15 is 0 Å². The van der Waals surface area contributed by atoms with Crippen molar-refractivity contribution in [2.75, 3.05) is 20.3 Å². The van der Waals surface area contributed by atoms with Crippen molar-refractivity contribution in [3.8, 4) is 11.5 Å². The predicted molar refractivity (Wildman–Crippen MR) is 72.0 cm³/mol. The highest BCUT2D eigenvalue weighted by atomic mass is 16.5. The molecule has 0 heterocycles. The van der Waals surface area contributed by atoms with E-state index < -0.39 is 0 Å². The van der Waals surface area contributed by atoms with Crippen molar-refractivity contribution in [2.24, 2.45) is 5.73 Å². The summed E-state index contributed by atoms with van der Waals surface area (Å²) in [5.41, 5.74) is 6.85. The molecule has 0 saturated heterocycles. The minimum absolute atomic E-state index is 0.0162. The van der Waals surface area contributed by atoms with Crippen molar-refractivity contribution in [3.63, 3.8) is 0 Å². The van der Waals surface area contributed by atoms with Gasteiger partial charge in [-0.2, -0.15) is 0 Å². The van der Waals surface area contributed by atoms with Crippen LogP contribution >= 0.6 is 0 Å². The van der Waals surface area contributed by atoms with E-state index in [-0.39, 0.29) is 12.6 Å². The molecule has 1 aromatic rings. The van der Waals surface area contributed by atoms with E-state index in [2.05, 4.69) is 0 Å². The highest BCUT2D eigenvalue weighted by Gasteiger charge is 2.07. The molecule has 1 rings (SSSR count). The lowest BCUT2D eigenvalue weighted by Crippen LogP contribution is -2.06. The number of hydrogen-bond donors (Lipinski definition) is 2. The van der Waals surface area contributed by atoms with Gasteiger partial charge in [-0.15, -0.1) is 0 Å². The SMILES string of the molecule is COc1cc(C(C)N)ccc1OCCCCCO. The van der Waals surface area contributed by atoms with Crippen molar-refractivity contribution < 1.29 is 14.6 Å². The van der Waals surface area contributed by atoms with Crippen molar-refractivity contribution in [2.45, 2.75) is 32.2 Å². The third-order valence-corrected chi connectivity index (χ3v) is 2.77. The molecule has 1 aromatic carbocycles. The van der Waals surface area contributed by atoms with E-state index in [9.17, 15) is 0 Å². The fourth-order valence-electron chi connectivity index (χ4n) is 1.66. The molecular weight excluding hydrogens is 230 g/mol. The molecule has 1 atom stereocenters. The van der Waals surface area contributed by atoms with Gasteiger partial charge in [0.15, 0.2) is 11.5 Å². The number of rotatable bonds is 8.